The number of hydrogen-bond donors (Lipinski definition) is 0. The highest BCUT2D eigenvalue weighted by molar-refractivity contribution is 6.30. The molecule has 0 aliphatic rings. The van der Waals surface area contributed by atoms with Crippen LogP contribution in [-0.4, -0.2) is 22.2 Å². The Morgan fingerprint density at radius 1 is 0.964 bits per heavy atom. The summed E-state index contributed by atoms with van der Waals surface area (Å²) in [5.41, 5.74) is 3.99. The van der Waals surface area contributed by atoms with Crippen molar-refractivity contribution in [1.29, 1.82) is 0 Å². The van der Waals surface area contributed by atoms with Crippen LogP contribution in [0.2, 0.25) is 5.02 Å². The SMILES string of the molecule is Cc1ccccc1-c1noc(-c2cccnc2N(C)Cc2ccc(Cl)cc2)n1. The van der Waals surface area contributed by atoms with Crippen molar-refractivity contribution in [3.05, 3.63) is 83.0 Å². The van der Waals surface area contributed by atoms with Crippen molar-refractivity contribution >= 4 is 17.4 Å². The van der Waals surface area contributed by atoms with Crippen molar-refractivity contribution in [3.63, 3.8) is 0 Å². The van der Waals surface area contributed by atoms with E-state index in [0.717, 1.165) is 33.1 Å². The van der Waals surface area contributed by atoms with Crippen LogP contribution in [0, 0.1) is 6.92 Å². The number of aromatic nitrogens is 3. The summed E-state index contributed by atoms with van der Waals surface area (Å²) in [7, 11) is 1.99. The zero-order valence-corrected chi connectivity index (χ0v) is 16.4. The molecule has 0 unspecified atom stereocenters. The molecule has 0 N–H and O–H groups in total. The lowest BCUT2D eigenvalue weighted by Gasteiger charge is -2.20. The van der Waals surface area contributed by atoms with Gasteiger partial charge in [-0.3, -0.25) is 0 Å². The first-order chi connectivity index (χ1) is 13.6. The van der Waals surface area contributed by atoms with Crippen LogP contribution in [0.5, 0.6) is 0 Å². The van der Waals surface area contributed by atoms with Gasteiger partial charge in [0.2, 0.25) is 5.82 Å². The molecule has 5 nitrogen and oxygen atoms in total. The third kappa shape index (κ3) is 3.75. The van der Waals surface area contributed by atoms with E-state index in [9.17, 15) is 0 Å². The molecule has 0 saturated carbocycles. The molecule has 0 atom stereocenters. The highest BCUT2D eigenvalue weighted by atomic mass is 35.5. The fraction of sp³-hybridized carbons (Fsp3) is 0.136. The zero-order chi connectivity index (χ0) is 19.5. The fourth-order valence-corrected chi connectivity index (χ4v) is 3.20. The average molecular weight is 391 g/mol. The number of anilines is 1. The van der Waals surface area contributed by atoms with Gasteiger partial charge in [-0.15, -0.1) is 0 Å². The van der Waals surface area contributed by atoms with Gasteiger partial charge in [0.15, 0.2) is 0 Å². The van der Waals surface area contributed by atoms with Gasteiger partial charge in [0, 0.05) is 30.4 Å². The van der Waals surface area contributed by atoms with Crippen LogP contribution in [0.25, 0.3) is 22.8 Å². The summed E-state index contributed by atoms with van der Waals surface area (Å²) < 4.78 is 5.57. The van der Waals surface area contributed by atoms with E-state index in [2.05, 4.69) is 20.0 Å². The van der Waals surface area contributed by atoms with E-state index in [4.69, 9.17) is 16.1 Å². The Morgan fingerprint density at radius 3 is 2.50 bits per heavy atom. The Morgan fingerprint density at radius 2 is 1.71 bits per heavy atom. The monoisotopic (exact) mass is 390 g/mol. The third-order valence-electron chi connectivity index (χ3n) is 4.52. The molecule has 6 heteroatoms. The molecule has 2 heterocycles. The smallest absolute Gasteiger partial charge is 0.261 e. The number of nitrogens with zero attached hydrogens (tertiary/aromatic N) is 4. The lowest BCUT2D eigenvalue weighted by molar-refractivity contribution is 0.432. The van der Waals surface area contributed by atoms with E-state index in [1.54, 1.807) is 6.20 Å². The molecule has 0 amide bonds. The van der Waals surface area contributed by atoms with Gasteiger partial charge in [-0.1, -0.05) is 53.2 Å². The Labute approximate surface area is 168 Å². The van der Waals surface area contributed by atoms with E-state index in [-0.39, 0.29) is 0 Å². The minimum absolute atomic E-state index is 0.448. The lowest BCUT2D eigenvalue weighted by Crippen LogP contribution is -2.18. The molecule has 4 aromatic rings. The average Bonchev–Trinajstić information content (AvgIpc) is 3.20. The number of hydrogen-bond acceptors (Lipinski definition) is 5. The Bertz CT molecular complexity index is 1090. The summed E-state index contributed by atoms with van der Waals surface area (Å²) in [6.07, 6.45) is 1.76. The molecular weight excluding hydrogens is 372 g/mol. The van der Waals surface area contributed by atoms with Gasteiger partial charge in [0.05, 0.1) is 5.56 Å². The quantitative estimate of drug-likeness (QED) is 0.457. The normalized spacial score (nSPS) is 10.8. The van der Waals surface area contributed by atoms with E-state index in [1.807, 2.05) is 74.6 Å². The highest BCUT2D eigenvalue weighted by Crippen LogP contribution is 2.30. The molecule has 0 spiro atoms. The minimum Gasteiger partial charge on any atom is -0.355 e. The summed E-state index contributed by atoms with van der Waals surface area (Å²) in [6.45, 7) is 2.71. The lowest BCUT2D eigenvalue weighted by atomic mass is 10.1. The first kappa shape index (κ1) is 18.2. The zero-order valence-electron chi connectivity index (χ0n) is 15.6. The summed E-state index contributed by atoms with van der Waals surface area (Å²) in [5.74, 6) is 1.80. The molecule has 4 rings (SSSR count). The topological polar surface area (TPSA) is 55.1 Å². The van der Waals surface area contributed by atoms with Gasteiger partial charge in [-0.2, -0.15) is 4.98 Å². The van der Waals surface area contributed by atoms with Crippen LogP contribution in [0.1, 0.15) is 11.1 Å². The van der Waals surface area contributed by atoms with Crippen LogP contribution >= 0.6 is 11.6 Å². The number of aryl methyl sites for hydroxylation is 1. The van der Waals surface area contributed by atoms with Gasteiger partial charge in [-0.25, -0.2) is 4.98 Å². The second kappa shape index (κ2) is 7.82. The van der Waals surface area contributed by atoms with E-state index < -0.39 is 0 Å². The second-order valence-electron chi connectivity index (χ2n) is 6.60. The maximum atomic E-state index is 5.98. The van der Waals surface area contributed by atoms with Crippen molar-refractivity contribution in [3.8, 4) is 22.8 Å². The van der Waals surface area contributed by atoms with E-state index >= 15 is 0 Å². The molecule has 0 bridgehead atoms. The van der Waals surface area contributed by atoms with Gasteiger partial charge in [0.25, 0.3) is 5.89 Å². The van der Waals surface area contributed by atoms with Crippen molar-refractivity contribution in [2.75, 3.05) is 11.9 Å². The molecule has 0 saturated heterocycles. The van der Waals surface area contributed by atoms with E-state index in [0.29, 0.717) is 18.3 Å². The molecule has 0 radical (unpaired) electrons. The number of pyridine rings is 1. The molecule has 0 aliphatic carbocycles. The third-order valence-corrected chi connectivity index (χ3v) is 4.78. The Hall–Kier alpha value is -3.18. The van der Waals surface area contributed by atoms with Gasteiger partial charge in [-0.05, 0) is 42.3 Å². The van der Waals surface area contributed by atoms with Crippen molar-refractivity contribution in [1.82, 2.24) is 15.1 Å². The van der Waals surface area contributed by atoms with Gasteiger partial charge in [0.1, 0.15) is 5.82 Å². The van der Waals surface area contributed by atoms with Crippen molar-refractivity contribution in [2.45, 2.75) is 13.5 Å². The van der Waals surface area contributed by atoms with Crippen LogP contribution in [0.3, 0.4) is 0 Å². The first-order valence-corrected chi connectivity index (χ1v) is 9.30. The van der Waals surface area contributed by atoms with Crippen LogP contribution in [0.15, 0.2) is 71.4 Å². The number of rotatable bonds is 5. The molecule has 140 valence electrons. The molecule has 28 heavy (non-hydrogen) atoms. The summed E-state index contributed by atoms with van der Waals surface area (Å²) in [4.78, 5) is 11.2. The van der Waals surface area contributed by atoms with Crippen LogP contribution in [-0.2, 0) is 6.54 Å². The highest BCUT2D eigenvalue weighted by Gasteiger charge is 2.18. The maximum absolute atomic E-state index is 5.98. The maximum Gasteiger partial charge on any atom is 0.261 e. The predicted octanol–water partition coefficient (Wildman–Crippen LogP) is 5.40. The summed E-state index contributed by atoms with van der Waals surface area (Å²) >= 11 is 5.98. The standard InChI is InChI=1S/C22H19ClN4O/c1-15-6-3-4-7-18(15)20-25-22(28-26-20)19-8-5-13-24-21(19)27(2)14-16-9-11-17(23)12-10-16/h3-13H,14H2,1-2H3. The van der Waals surface area contributed by atoms with Crippen LogP contribution in [0.4, 0.5) is 5.82 Å². The molecule has 2 aromatic heterocycles. The van der Waals surface area contributed by atoms with E-state index in [1.165, 1.54) is 0 Å². The Balaban J connectivity index is 1.65. The van der Waals surface area contributed by atoms with Crippen molar-refractivity contribution < 1.29 is 4.52 Å². The molecule has 2 aromatic carbocycles. The minimum atomic E-state index is 0.448. The molecular formula is C22H19ClN4O. The molecule has 0 fully saturated rings. The fourth-order valence-electron chi connectivity index (χ4n) is 3.07. The van der Waals surface area contributed by atoms with Gasteiger partial charge < -0.3 is 9.42 Å². The predicted molar refractivity (Wildman–Crippen MR) is 111 cm³/mol. The van der Waals surface area contributed by atoms with Crippen molar-refractivity contribution in [2.24, 2.45) is 0 Å². The summed E-state index contributed by atoms with van der Waals surface area (Å²) in [6, 6.07) is 19.6. The summed E-state index contributed by atoms with van der Waals surface area (Å²) in [5, 5.41) is 4.89. The number of benzene rings is 2. The van der Waals surface area contributed by atoms with Crippen LogP contribution < -0.4 is 4.90 Å². The largest absolute Gasteiger partial charge is 0.355 e. The first-order valence-electron chi connectivity index (χ1n) is 8.92. The molecule has 0 aliphatic heterocycles. The van der Waals surface area contributed by atoms with Gasteiger partial charge >= 0.3 is 0 Å². The number of halogens is 1. The Kier molecular flexibility index (Phi) is 5.08. The second-order valence-corrected chi connectivity index (χ2v) is 7.03.